The van der Waals surface area contributed by atoms with Crippen molar-refractivity contribution in [1.29, 1.82) is 0 Å². The first-order valence-corrected chi connectivity index (χ1v) is 8.37. The SMILES string of the molecule is C=CCN(C1CC1)S(=O)(=O)c1cc(CNCC)oc1C. The Morgan fingerprint density at radius 2 is 2.25 bits per heavy atom. The summed E-state index contributed by atoms with van der Waals surface area (Å²) >= 11 is 0. The maximum Gasteiger partial charge on any atom is 0.247 e. The van der Waals surface area contributed by atoms with Gasteiger partial charge in [0.2, 0.25) is 10.0 Å². The van der Waals surface area contributed by atoms with Crippen LogP contribution < -0.4 is 5.32 Å². The molecule has 0 atom stereocenters. The maximum absolute atomic E-state index is 12.7. The number of nitrogens with one attached hydrogen (secondary N) is 1. The van der Waals surface area contributed by atoms with E-state index in [4.69, 9.17) is 4.42 Å². The van der Waals surface area contributed by atoms with Gasteiger partial charge in [0, 0.05) is 18.7 Å². The Kier molecular flexibility index (Phi) is 4.67. The number of nitrogens with zero attached hydrogens (tertiary/aromatic N) is 1. The molecule has 0 bridgehead atoms. The molecule has 1 N–H and O–H groups in total. The van der Waals surface area contributed by atoms with Crippen molar-refractivity contribution in [2.24, 2.45) is 0 Å². The highest BCUT2D eigenvalue weighted by Crippen LogP contribution is 2.33. The number of furan rings is 1. The second kappa shape index (κ2) is 6.11. The zero-order valence-corrected chi connectivity index (χ0v) is 12.9. The van der Waals surface area contributed by atoms with E-state index in [0.29, 0.717) is 24.6 Å². The van der Waals surface area contributed by atoms with Crippen molar-refractivity contribution in [2.75, 3.05) is 13.1 Å². The van der Waals surface area contributed by atoms with Crippen LogP contribution in [0.5, 0.6) is 0 Å². The van der Waals surface area contributed by atoms with Crippen molar-refractivity contribution in [2.45, 2.75) is 44.2 Å². The van der Waals surface area contributed by atoms with Crippen molar-refractivity contribution in [3.8, 4) is 0 Å². The number of hydrogen-bond donors (Lipinski definition) is 1. The molecule has 1 fully saturated rings. The van der Waals surface area contributed by atoms with Crippen LogP contribution in [0.15, 0.2) is 28.0 Å². The average Bonchev–Trinajstić information content (AvgIpc) is 3.16. The normalized spacial score (nSPS) is 15.8. The molecule has 5 nitrogen and oxygen atoms in total. The van der Waals surface area contributed by atoms with Crippen LogP contribution in [0, 0.1) is 6.92 Å². The molecule has 0 aromatic carbocycles. The molecule has 6 heteroatoms. The first kappa shape index (κ1) is 15.3. The predicted octanol–water partition coefficient (Wildman–Crippen LogP) is 2.04. The summed E-state index contributed by atoms with van der Waals surface area (Å²) in [5, 5.41) is 3.13. The molecule has 1 saturated carbocycles. The molecule has 0 spiro atoms. The highest BCUT2D eigenvalue weighted by atomic mass is 32.2. The van der Waals surface area contributed by atoms with E-state index in [1.54, 1.807) is 19.1 Å². The van der Waals surface area contributed by atoms with Crippen LogP contribution in [0.1, 0.15) is 31.3 Å². The molecule has 1 heterocycles. The van der Waals surface area contributed by atoms with E-state index in [9.17, 15) is 8.42 Å². The van der Waals surface area contributed by atoms with Gasteiger partial charge in [-0.05, 0) is 26.3 Å². The number of hydrogen-bond acceptors (Lipinski definition) is 4. The summed E-state index contributed by atoms with van der Waals surface area (Å²) in [7, 11) is -3.49. The Labute approximate surface area is 120 Å². The number of sulfonamides is 1. The smallest absolute Gasteiger partial charge is 0.247 e. The Morgan fingerprint density at radius 3 is 2.80 bits per heavy atom. The topological polar surface area (TPSA) is 62.6 Å². The molecule has 0 amide bonds. The molecule has 0 aliphatic heterocycles. The molecule has 112 valence electrons. The zero-order chi connectivity index (χ0) is 14.8. The molecule has 0 saturated heterocycles. The minimum atomic E-state index is -3.49. The highest BCUT2D eigenvalue weighted by molar-refractivity contribution is 7.89. The summed E-state index contributed by atoms with van der Waals surface area (Å²) in [4.78, 5) is 0.277. The van der Waals surface area contributed by atoms with E-state index < -0.39 is 10.0 Å². The van der Waals surface area contributed by atoms with E-state index in [1.807, 2.05) is 6.92 Å². The Morgan fingerprint density at radius 1 is 1.55 bits per heavy atom. The van der Waals surface area contributed by atoms with Crippen molar-refractivity contribution >= 4 is 10.0 Å². The van der Waals surface area contributed by atoms with E-state index in [1.165, 1.54) is 4.31 Å². The lowest BCUT2D eigenvalue weighted by Gasteiger charge is -2.19. The van der Waals surface area contributed by atoms with Gasteiger partial charge < -0.3 is 9.73 Å². The van der Waals surface area contributed by atoms with Gasteiger partial charge >= 0.3 is 0 Å². The third kappa shape index (κ3) is 3.13. The van der Waals surface area contributed by atoms with Crippen LogP contribution in [0.2, 0.25) is 0 Å². The van der Waals surface area contributed by atoms with Crippen LogP contribution in [-0.2, 0) is 16.6 Å². The van der Waals surface area contributed by atoms with Crippen molar-refractivity contribution in [3.05, 3.63) is 30.2 Å². The monoisotopic (exact) mass is 298 g/mol. The van der Waals surface area contributed by atoms with E-state index in [2.05, 4.69) is 11.9 Å². The molecule has 1 aliphatic carbocycles. The molecule has 0 radical (unpaired) electrons. The van der Waals surface area contributed by atoms with Crippen LogP contribution >= 0.6 is 0 Å². The quantitative estimate of drug-likeness (QED) is 0.746. The first-order valence-electron chi connectivity index (χ1n) is 6.93. The standard InChI is InChI=1S/C14H22N2O3S/c1-4-8-16(12-6-7-12)20(17,18)14-9-13(10-15-5-2)19-11(14)3/h4,9,12,15H,1,5-8,10H2,2-3H3. The fourth-order valence-corrected chi connectivity index (χ4v) is 4.02. The third-order valence-electron chi connectivity index (χ3n) is 3.32. The van der Waals surface area contributed by atoms with Crippen LogP contribution in [0.25, 0.3) is 0 Å². The molecular formula is C14H22N2O3S. The Bertz CT molecular complexity index is 573. The molecular weight excluding hydrogens is 276 g/mol. The molecule has 1 aliphatic rings. The van der Waals surface area contributed by atoms with Crippen molar-refractivity contribution in [1.82, 2.24) is 9.62 Å². The van der Waals surface area contributed by atoms with Gasteiger partial charge in [0.1, 0.15) is 16.4 Å². The van der Waals surface area contributed by atoms with Gasteiger partial charge in [-0.3, -0.25) is 0 Å². The predicted molar refractivity (Wildman–Crippen MR) is 77.9 cm³/mol. The summed E-state index contributed by atoms with van der Waals surface area (Å²) in [5.74, 6) is 1.10. The summed E-state index contributed by atoms with van der Waals surface area (Å²) in [6.45, 7) is 9.03. The lowest BCUT2D eigenvalue weighted by atomic mass is 10.4. The first-order chi connectivity index (χ1) is 9.50. The van der Waals surface area contributed by atoms with E-state index in [-0.39, 0.29) is 10.9 Å². The number of rotatable bonds is 8. The van der Waals surface area contributed by atoms with Gasteiger partial charge in [0.15, 0.2) is 0 Å². The fraction of sp³-hybridized carbons (Fsp3) is 0.571. The van der Waals surface area contributed by atoms with Crippen LogP contribution in [0.3, 0.4) is 0 Å². The minimum Gasteiger partial charge on any atom is -0.464 e. The molecule has 1 aromatic rings. The fourth-order valence-electron chi connectivity index (χ4n) is 2.18. The summed E-state index contributed by atoms with van der Waals surface area (Å²) in [5.41, 5.74) is 0. The molecule has 1 aromatic heterocycles. The molecule has 0 unspecified atom stereocenters. The molecule has 2 rings (SSSR count). The zero-order valence-electron chi connectivity index (χ0n) is 12.1. The second-order valence-electron chi connectivity index (χ2n) is 5.01. The van der Waals surface area contributed by atoms with Crippen LogP contribution in [0.4, 0.5) is 0 Å². The van der Waals surface area contributed by atoms with Gasteiger partial charge in [0.05, 0.1) is 6.54 Å². The maximum atomic E-state index is 12.7. The van der Waals surface area contributed by atoms with Gasteiger partial charge in [-0.2, -0.15) is 4.31 Å². The van der Waals surface area contributed by atoms with Crippen molar-refractivity contribution in [3.63, 3.8) is 0 Å². The highest BCUT2D eigenvalue weighted by Gasteiger charge is 2.38. The minimum absolute atomic E-state index is 0.115. The third-order valence-corrected chi connectivity index (χ3v) is 5.35. The summed E-state index contributed by atoms with van der Waals surface area (Å²) in [6.07, 6.45) is 3.48. The lowest BCUT2D eigenvalue weighted by Crippen LogP contribution is -2.33. The molecule has 20 heavy (non-hydrogen) atoms. The van der Waals surface area contributed by atoms with Gasteiger partial charge in [-0.25, -0.2) is 8.42 Å². The Hall–Kier alpha value is -1.11. The lowest BCUT2D eigenvalue weighted by molar-refractivity contribution is 0.430. The Balaban J connectivity index is 2.27. The number of aryl methyl sites for hydroxylation is 1. The van der Waals surface area contributed by atoms with Gasteiger partial charge in [-0.15, -0.1) is 6.58 Å². The summed E-state index contributed by atoms with van der Waals surface area (Å²) in [6, 6.07) is 1.75. The van der Waals surface area contributed by atoms with E-state index >= 15 is 0 Å². The average molecular weight is 298 g/mol. The van der Waals surface area contributed by atoms with Crippen LogP contribution in [-0.4, -0.2) is 31.9 Å². The van der Waals surface area contributed by atoms with E-state index in [0.717, 1.165) is 19.4 Å². The summed E-state index contributed by atoms with van der Waals surface area (Å²) < 4.78 is 32.5. The van der Waals surface area contributed by atoms with Crippen molar-refractivity contribution < 1.29 is 12.8 Å². The van der Waals surface area contributed by atoms with Gasteiger partial charge in [-0.1, -0.05) is 13.0 Å². The van der Waals surface area contributed by atoms with Gasteiger partial charge in [0.25, 0.3) is 0 Å². The largest absolute Gasteiger partial charge is 0.464 e. The second-order valence-corrected chi connectivity index (χ2v) is 6.87.